The Balaban J connectivity index is 2.34. The van der Waals surface area contributed by atoms with Crippen molar-refractivity contribution in [3.63, 3.8) is 0 Å². The Bertz CT molecular complexity index is 533. The molecular formula is C16H27F3N6. The van der Waals surface area contributed by atoms with E-state index in [1.165, 1.54) is 12.8 Å². The van der Waals surface area contributed by atoms with Crippen LogP contribution in [0.25, 0.3) is 0 Å². The number of alkyl halides is 3. The number of nitrogens with one attached hydrogen (secondary N) is 3. The first-order valence-corrected chi connectivity index (χ1v) is 8.48. The fourth-order valence-electron chi connectivity index (χ4n) is 2.16. The van der Waals surface area contributed by atoms with Gasteiger partial charge >= 0.3 is 6.18 Å². The first-order valence-electron chi connectivity index (χ1n) is 8.48. The highest BCUT2D eigenvalue weighted by Crippen LogP contribution is 2.27. The Kier molecular flexibility index (Phi) is 9.01. The molecule has 142 valence electrons. The lowest BCUT2D eigenvalue weighted by Gasteiger charge is -2.18. The van der Waals surface area contributed by atoms with Crippen LogP contribution in [-0.2, 0) is 6.18 Å². The summed E-state index contributed by atoms with van der Waals surface area (Å²) in [5.41, 5.74) is -0.962. The second kappa shape index (κ2) is 10.7. The Morgan fingerprint density at radius 1 is 1.28 bits per heavy atom. The third-order valence-corrected chi connectivity index (χ3v) is 3.49. The average molecular weight is 360 g/mol. The van der Waals surface area contributed by atoms with Gasteiger partial charge in [-0.1, -0.05) is 26.2 Å². The molecule has 0 spiro atoms. The number of hydrogen-bond acceptors (Lipinski definition) is 4. The predicted octanol–water partition coefficient (Wildman–Crippen LogP) is 3.04. The van der Waals surface area contributed by atoms with Crippen LogP contribution in [0.15, 0.2) is 17.3 Å². The van der Waals surface area contributed by atoms with Gasteiger partial charge in [-0.2, -0.15) is 13.2 Å². The minimum Gasteiger partial charge on any atom is -0.355 e. The number of nitrogens with zero attached hydrogens (tertiary/aromatic N) is 3. The molecular weight excluding hydrogens is 333 g/mol. The highest BCUT2D eigenvalue weighted by Gasteiger charge is 2.32. The first kappa shape index (κ1) is 21.0. The maximum Gasteiger partial charge on any atom is 0.433 e. The van der Waals surface area contributed by atoms with Crippen LogP contribution in [0.1, 0.15) is 45.2 Å². The maximum atomic E-state index is 12.6. The molecule has 0 saturated carbocycles. The van der Waals surface area contributed by atoms with Crippen LogP contribution in [0.5, 0.6) is 0 Å². The summed E-state index contributed by atoms with van der Waals surface area (Å²) in [6.07, 6.45) is 1.23. The molecule has 0 aliphatic rings. The standard InChI is InChI=1S/C16H27F3N6/c1-4-5-6-7-12(2)24-14(20-3)22-10-11-23-15-21-9-8-13(25-15)16(17,18)19/h8-9,12H,4-7,10-11H2,1-3H3,(H2,20,22,24)(H,21,23,25). The topological polar surface area (TPSA) is 74.2 Å². The van der Waals surface area contributed by atoms with Crippen LogP contribution in [-0.4, -0.2) is 42.1 Å². The third kappa shape index (κ3) is 8.55. The summed E-state index contributed by atoms with van der Waals surface area (Å²) in [6.45, 7) is 5.10. The van der Waals surface area contributed by atoms with Gasteiger partial charge in [-0.25, -0.2) is 9.97 Å². The number of rotatable bonds is 9. The zero-order valence-corrected chi connectivity index (χ0v) is 15.0. The van der Waals surface area contributed by atoms with Crippen LogP contribution >= 0.6 is 0 Å². The Morgan fingerprint density at radius 3 is 2.68 bits per heavy atom. The number of unbranched alkanes of at least 4 members (excludes halogenated alkanes) is 2. The lowest BCUT2D eigenvalue weighted by Crippen LogP contribution is -2.43. The second-order valence-electron chi connectivity index (χ2n) is 5.73. The van der Waals surface area contributed by atoms with Crippen molar-refractivity contribution in [2.24, 2.45) is 4.99 Å². The molecule has 1 aromatic rings. The fourth-order valence-corrected chi connectivity index (χ4v) is 2.16. The molecule has 1 atom stereocenters. The van der Waals surface area contributed by atoms with E-state index < -0.39 is 11.9 Å². The number of halogens is 3. The zero-order valence-electron chi connectivity index (χ0n) is 15.0. The molecule has 0 radical (unpaired) electrons. The number of hydrogen-bond donors (Lipinski definition) is 3. The smallest absolute Gasteiger partial charge is 0.355 e. The molecule has 1 heterocycles. The molecule has 0 aliphatic carbocycles. The van der Waals surface area contributed by atoms with Crippen molar-refractivity contribution in [1.29, 1.82) is 0 Å². The van der Waals surface area contributed by atoms with E-state index >= 15 is 0 Å². The van der Waals surface area contributed by atoms with Gasteiger partial charge in [0.1, 0.15) is 5.69 Å². The molecule has 0 bridgehead atoms. The second-order valence-corrected chi connectivity index (χ2v) is 5.73. The normalized spacial score (nSPS) is 13.4. The van der Waals surface area contributed by atoms with Crippen LogP contribution < -0.4 is 16.0 Å². The van der Waals surface area contributed by atoms with Crippen molar-refractivity contribution in [2.75, 3.05) is 25.5 Å². The molecule has 1 rings (SSSR count). The Morgan fingerprint density at radius 2 is 2.04 bits per heavy atom. The van der Waals surface area contributed by atoms with Gasteiger partial charge in [0.15, 0.2) is 5.96 Å². The van der Waals surface area contributed by atoms with Gasteiger partial charge in [0.25, 0.3) is 0 Å². The summed E-state index contributed by atoms with van der Waals surface area (Å²) in [6, 6.07) is 1.15. The van der Waals surface area contributed by atoms with Crippen molar-refractivity contribution in [2.45, 2.75) is 51.7 Å². The van der Waals surface area contributed by atoms with Crippen molar-refractivity contribution in [3.05, 3.63) is 18.0 Å². The summed E-state index contributed by atoms with van der Waals surface area (Å²) < 4.78 is 37.8. The van der Waals surface area contributed by atoms with Gasteiger partial charge in [0.2, 0.25) is 5.95 Å². The van der Waals surface area contributed by atoms with Crippen molar-refractivity contribution in [3.8, 4) is 0 Å². The highest BCUT2D eigenvalue weighted by molar-refractivity contribution is 5.79. The molecule has 3 N–H and O–H groups in total. The van der Waals surface area contributed by atoms with Crippen LogP contribution in [0.3, 0.4) is 0 Å². The SMILES string of the molecule is CCCCCC(C)NC(=NC)NCCNc1nccc(C(F)(F)F)n1. The van der Waals surface area contributed by atoms with Crippen LogP contribution in [0.4, 0.5) is 19.1 Å². The Hall–Kier alpha value is -2.06. The zero-order chi connectivity index (χ0) is 18.7. The summed E-state index contributed by atoms with van der Waals surface area (Å²) in [5, 5.41) is 9.15. The first-order chi connectivity index (χ1) is 11.9. The van der Waals surface area contributed by atoms with E-state index in [0.29, 0.717) is 25.1 Å². The molecule has 9 heteroatoms. The molecule has 0 fully saturated rings. The van der Waals surface area contributed by atoms with Crippen molar-refractivity contribution < 1.29 is 13.2 Å². The summed E-state index contributed by atoms with van der Waals surface area (Å²) in [7, 11) is 1.68. The minimum absolute atomic E-state index is 0.0486. The number of anilines is 1. The van der Waals surface area contributed by atoms with Gasteiger partial charge in [-0.15, -0.1) is 0 Å². The fraction of sp³-hybridized carbons (Fsp3) is 0.688. The lowest BCUT2D eigenvalue weighted by atomic mass is 10.1. The van der Waals surface area contributed by atoms with Crippen molar-refractivity contribution in [1.82, 2.24) is 20.6 Å². The van der Waals surface area contributed by atoms with Crippen LogP contribution in [0.2, 0.25) is 0 Å². The highest BCUT2D eigenvalue weighted by atomic mass is 19.4. The van der Waals surface area contributed by atoms with Crippen molar-refractivity contribution >= 4 is 11.9 Å². The van der Waals surface area contributed by atoms with Gasteiger partial charge < -0.3 is 16.0 Å². The predicted molar refractivity (Wildman–Crippen MR) is 93.6 cm³/mol. The quantitative estimate of drug-likeness (QED) is 0.359. The monoisotopic (exact) mass is 360 g/mol. The van der Waals surface area contributed by atoms with E-state index in [2.05, 4.69) is 44.8 Å². The van der Waals surface area contributed by atoms with Gasteiger partial charge in [0.05, 0.1) is 0 Å². The molecule has 25 heavy (non-hydrogen) atoms. The average Bonchev–Trinajstić information content (AvgIpc) is 2.57. The lowest BCUT2D eigenvalue weighted by molar-refractivity contribution is -0.141. The van der Waals surface area contributed by atoms with E-state index in [1.807, 2.05) is 0 Å². The van der Waals surface area contributed by atoms with Crippen LogP contribution in [0, 0.1) is 0 Å². The van der Waals surface area contributed by atoms with E-state index in [1.54, 1.807) is 7.05 Å². The summed E-state index contributed by atoms with van der Waals surface area (Å²) in [5.74, 6) is 0.614. The number of aliphatic imine (C=N–C) groups is 1. The van der Waals surface area contributed by atoms with Gasteiger partial charge in [0, 0.05) is 32.4 Å². The molecule has 0 saturated heterocycles. The molecule has 6 nitrogen and oxygen atoms in total. The number of guanidine groups is 1. The largest absolute Gasteiger partial charge is 0.433 e. The van der Waals surface area contributed by atoms with E-state index in [0.717, 1.165) is 25.1 Å². The summed E-state index contributed by atoms with van der Waals surface area (Å²) in [4.78, 5) is 11.4. The molecule has 0 aliphatic heterocycles. The summed E-state index contributed by atoms with van der Waals surface area (Å²) >= 11 is 0. The minimum atomic E-state index is -4.47. The maximum absolute atomic E-state index is 12.6. The molecule has 1 aromatic heterocycles. The van der Waals surface area contributed by atoms with E-state index in [9.17, 15) is 13.2 Å². The van der Waals surface area contributed by atoms with Gasteiger partial charge in [-0.3, -0.25) is 4.99 Å². The molecule has 1 unspecified atom stereocenters. The van der Waals surface area contributed by atoms with E-state index in [4.69, 9.17) is 0 Å². The molecule has 0 amide bonds. The number of aromatic nitrogens is 2. The van der Waals surface area contributed by atoms with E-state index in [-0.39, 0.29) is 5.95 Å². The Labute approximate surface area is 146 Å². The van der Waals surface area contributed by atoms with Gasteiger partial charge in [-0.05, 0) is 19.4 Å². The molecule has 0 aromatic carbocycles. The third-order valence-electron chi connectivity index (χ3n) is 3.49.